The summed E-state index contributed by atoms with van der Waals surface area (Å²) < 4.78 is 1.05. The Kier molecular flexibility index (Phi) is 2.16. The second kappa shape index (κ2) is 3.43. The number of H-pyrrole nitrogens is 1. The van der Waals surface area contributed by atoms with Gasteiger partial charge in [-0.3, -0.25) is 5.10 Å². The van der Waals surface area contributed by atoms with Crippen LogP contribution in [0.1, 0.15) is 18.5 Å². The van der Waals surface area contributed by atoms with E-state index in [-0.39, 0.29) is 5.54 Å². The Morgan fingerprint density at radius 2 is 2.06 bits per heavy atom. The minimum Gasteiger partial charge on any atom is -0.320 e. The number of rotatable bonds is 2. The van der Waals surface area contributed by atoms with E-state index in [0.29, 0.717) is 0 Å². The Morgan fingerprint density at radius 3 is 2.75 bits per heavy atom. The maximum Gasteiger partial charge on any atom is 0.0935 e. The van der Waals surface area contributed by atoms with E-state index in [0.717, 1.165) is 34.3 Å². The van der Waals surface area contributed by atoms with E-state index in [1.807, 2.05) is 30.3 Å². The summed E-state index contributed by atoms with van der Waals surface area (Å²) in [5, 5.41) is 7.36. The highest BCUT2D eigenvalue weighted by Crippen LogP contribution is 2.42. The van der Waals surface area contributed by atoms with Crippen LogP contribution in [0.2, 0.25) is 0 Å². The monoisotopic (exact) mass is 277 g/mol. The fourth-order valence-corrected chi connectivity index (χ4v) is 2.28. The summed E-state index contributed by atoms with van der Waals surface area (Å²) in [5.74, 6) is 0. The highest BCUT2D eigenvalue weighted by Gasteiger charge is 2.41. The third kappa shape index (κ3) is 1.58. The summed E-state index contributed by atoms with van der Waals surface area (Å²) in [6.45, 7) is 0. The topological polar surface area (TPSA) is 54.7 Å². The van der Waals surface area contributed by atoms with E-state index in [1.54, 1.807) is 0 Å². The van der Waals surface area contributed by atoms with Crippen molar-refractivity contribution in [1.82, 2.24) is 10.2 Å². The molecule has 2 aromatic rings. The van der Waals surface area contributed by atoms with Gasteiger partial charge in [-0.15, -0.1) is 0 Å². The van der Waals surface area contributed by atoms with Crippen LogP contribution in [0.4, 0.5) is 0 Å². The predicted octanol–water partition coefficient (Wildman–Crippen LogP) is 2.79. The molecule has 0 bridgehead atoms. The van der Waals surface area contributed by atoms with Crippen LogP contribution in [0.15, 0.2) is 34.8 Å². The predicted molar refractivity (Wildman–Crippen MR) is 66.8 cm³/mol. The van der Waals surface area contributed by atoms with Crippen LogP contribution in [0.5, 0.6) is 0 Å². The van der Waals surface area contributed by atoms with Gasteiger partial charge in [0.1, 0.15) is 0 Å². The number of aromatic nitrogens is 2. The molecule has 1 aliphatic rings. The fourth-order valence-electron chi connectivity index (χ4n) is 1.79. The van der Waals surface area contributed by atoms with Crippen molar-refractivity contribution in [2.24, 2.45) is 5.73 Å². The highest BCUT2D eigenvalue weighted by molar-refractivity contribution is 9.10. The van der Waals surface area contributed by atoms with Gasteiger partial charge in [0.05, 0.1) is 16.9 Å². The fraction of sp³-hybridized carbons (Fsp3) is 0.250. The molecule has 0 spiro atoms. The van der Waals surface area contributed by atoms with Crippen molar-refractivity contribution in [3.8, 4) is 11.3 Å². The van der Waals surface area contributed by atoms with Crippen LogP contribution in [0, 0.1) is 0 Å². The lowest BCUT2D eigenvalue weighted by Gasteiger charge is -2.02. The van der Waals surface area contributed by atoms with Crippen LogP contribution in [-0.2, 0) is 5.54 Å². The molecule has 0 saturated heterocycles. The van der Waals surface area contributed by atoms with E-state index in [1.165, 1.54) is 0 Å². The molecular formula is C12H12BrN3. The molecule has 1 aliphatic carbocycles. The third-order valence-electron chi connectivity index (χ3n) is 3.05. The van der Waals surface area contributed by atoms with Crippen LogP contribution < -0.4 is 5.73 Å². The molecule has 1 saturated carbocycles. The van der Waals surface area contributed by atoms with E-state index in [2.05, 4.69) is 26.1 Å². The van der Waals surface area contributed by atoms with Crippen LogP contribution in [0.25, 0.3) is 11.3 Å². The number of benzene rings is 1. The van der Waals surface area contributed by atoms with Crippen LogP contribution >= 0.6 is 15.9 Å². The first-order chi connectivity index (χ1) is 7.69. The molecule has 0 unspecified atom stereocenters. The molecule has 1 fully saturated rings. The van der Waals surface area contributed by atoms with Gasteiger partial charge in [0, 0.05) is 10.0 Å². The van der Waals surface area contributed by atoms with E-state index >= 15 is 0 Å². The normalized spacial score (nSPS) is 17.4. The lowest BCUT2D eigenvalue weighted by molar-refractivity contribution is 0.702. The van der Waals surface area contributed by atoms with Gasteiger partial charge in [-0.2, -0.15) is 5.10 Å². The molecule has 4 heteroatoms. The average Bonchev–Trinajstić information content (AvgIpc) is 2.84. The molecule has 0 atom stereocenters. The van der Waals surface area contributed by atoms with Gasteiger partial charge >= 0.3 is 0 Å². The van der Waals surface area contributed by atoms with Gasteiger partial charge in [0.15, 0.2) is 0 Å². The third-order valence-corrected chi connectivity index (χ3v) is 3.74. The highest BCUT2D eigenvalue weighted by atomic mass is 79.9. The first-order valence-electron chi connectivity index (χ1n) is 5.29. The van der Waals surface area contributed by atoms with Crippen molar-refractivity contribution in [3.05, 3.63) is 40.5 Å². The molecular weight excluding hydrogens is 266 g/mol. The number of nitrogens with two attached hydrogens (primary N) is 1. The molecule has 1 aromatic heterocycles. The van der Waals surface area contributed by atoms with Gasteiger partial charge in [0.25, 0.3) is 0 Å². The summed E-state index contributed by atoms with van der Waals surface area (Å²) in [6.07, 6.45) is 2.09. The summed E-state index contributed by atoms with van der Waals surface area (Å²) in [6, 6.07) is 10.1. The Balaban J connectivity index is 2.02. The average molecular weight is 278 g/mol. The minimum atomic E-state index is -0.146. The summed E-state index contributed by atoms with van der Waals surface area (Å²) in [5.41, 5.74) is 9.04. The Bertz CT molecular complexity index is 529. The second-order valence-electron chi connectivity index (χ2n) is 4.30. The van der Waals surface area contributed by atoms with Crippen molar-refractivity contribution >= 4 is 15.9 Å². The van der Waals surface area contributed by atoms with Gasteiger partial charge < -0.3 is 5.73 Å². The zero-order valence-corrected chi connectivity index (χ0v) is 10.3. The van der Waals surface area contributed by atoms with E-state index < -0.39 is 0 Å². The number of hydrogen-bond donors (Lipinski definition) is 2. The van der Waals surface area contributed by atoms with Gasteiger partial charge in [-0.05, 0) is 25.0 Å². The first kappa shape index (κ1) is 10.1. The molecule has 0 amide bonds. The molecule has 0 radical (unpaired) electrons. The molecule has 82 valence electrons. The lowest BCUT2D eigenvalue weighted by atomic mass is 10.1. The quantitative estimate of drug-likeness (QED) is 0.887. The SMILES string of the molecule is NC1(c2cc(-c3ccccc3Br)n[nH]2)CC1. The first-order valence-corrected chi connectivity index (χ1v) is 6.08. The van der Waals surface area contributed by atoms with Crippen molar-refractivity contribution < 1.29 is 0 Å². The molecule has 3 N–H and O–H groups in total. The van der Waals surface area contributed by atoms with Crippen molar-refractivity contribution in [3.63, 3.8) is 0 Å². The van der Waals surface area contributed by atoms with Crippen LogP contribution in [0.3, 0.4) is 0 Å². The zero-order valence-electron chi connectivity index (χ0n) is 8.70. The number of halogens is 1. The molecule has 3 nitrogen and oxygen atoms in total. The van der Waals surface area contributed by atoms with E-state index in [9.17, 15) is 0 Å². The number of nitrogens with zero attached hydrogens (tertiary/aromatic N) is 1. The zero-order chi connectivity index (χ0) is 11.2. The smallest absolute Gasteiger partial charge is 0.0935 e. The second-order valence-corrected chi connectivity index (χ2v) is 5.16. The number of nitrogens with one attached hydrogen (secondary N) is 1. The molecule has 0 aliphatic heterocycles. The van der Waals surface area contributed by atoms with E-state index in [4.69, 9.17) is 5.73 Å². The molecule has 3 rings (SSSR count). The van der Waals surface area contributed by atoms with Crippen molar-refractivity contribution in [2.45, 2.75) is 18.4 Å². The summed E-state index contributed by atoms with van der Waals surface area (Å²) >= 11 is 3.52. The van der Waals surface area contributed by atoms with Crippen LogP contribution in [-0.4, -0.2) is 10.2 Å². The largest absolute Gasteiger partial charge is 0.320 e. The Hall–Kier alpha value is -1.13. The minimum absolute atomic E-state index is 0.146. The number of aromatic amines is 1. The van der Waals surface area contributed by atoms with Crippen molar-refractivity contribution in [2.75, 3.05) is 0 Å². The molecule has 16 heavy (non-hydrogen) atoms. The van der Waals surface area contributed by atoms with Crippen molar-refractivity contribution in [1.29, 1.82) is 0 Å². The Labute approximate surface area is 102 Å². The maximum atomic E-state index is 6.11. The van der Waals surface area contributed by atoms with Gasteiger partial charge in [0.2, 0.25) is 0 Å². The summed E-state index contributed by atoms with van der Waals surface area (Å²) in [4.78, 5) is 0. The Morgan fingerprint density at radius 1 is 1.31 bits per heavy atom. The standard InChI is InChI=1S/C12H12BrN3/c13-9-4-2-1-3-8(9)10-7-11(16-15-10)12(14)5-6-12/h1-4,7H,5-6,14H2,(H,15,16). The van der Waals surface area contributed by atoms with Gasteiger partial charge in [-0.1, -0.05) is 34.1 Å². The molecule has 1 aromatic carbocycles. The lowest BCUT2D eigenvalue weighted by Crippen LogP contribution is -2.18. The maximum absolute atomic E-state index is 6.11. The molecule has 1 heterocycles. The summed E-state index contributed by atoms with van der Waals surface area (Å²) in [7, 11) is 0. The number of hydrogen-bond acceptors (Lipinski definition) is 2. The van der Waals surface area contributed by atoms with Gasteiger partial charge in [-0.25, -0.2) is 0 Å².